The molecule has 0 fully saturated rings. The molecule has 112 valence electrons. The topological polar surface area (TPSA) is 65.4 Å². The highest BCUT2D eigenvalue weighted by Gasteiger charge is 2.21. The molecule has 0 aliphatic carbocycles. The Hall–Kier alpha value is -1.93. The quantitative estimate of drug-likeness (QED) is 0.928. The first-order chi connectivity index (χ1) is 10.0. The molecule has 1 aromatic rings. The summed E-state index contributed by atoms with van der Waals surface area (Å²) in [7, 11) is 0. The Morgan fingerprint density at radius 1 is 1.62 bits per heavy atom. The van der Waals surface area contributed by atoms with Gasteiger partial charge in [-0.05, 0) is 26.0 Å². The van der Waals surface area contributed by atoms with E-state index in [4.69, 9.17) is 21.6 Å². The summed E-state index contributed by atoms with van der Waals surface area (Å²) < 4.78 is 5.56. The van der Waals surface area contributed by atoms with Crippen LogP contribution in [0.5, 0.6) is 5.75 Å². The molecule has 21 heavy (non-hydrogen) atoms. The van der Waals surface area contributed by atoms with Gasteiger partial charge in [-0.2, -0.15) is 5.26 Å². The fraction of sp³-hybridized carbons (Fsp3) is 0.467. The number of hydrogen-bond acceptors (Lipinski definition) is 3. The maximum atomic E-state index is 12.3. The zero-order chi connectivity index (χ0) is 15.4. The minimum absolute atomic E-state index is 0.211. The molecule has 0 spiro atoms. The van der Waals surface area contributed by atoms with E-state index < -0.39 is 0 Å². The molecular weight excluding hydrogens is 290 g/mol. The average Bonchev–Trinajstić information content (AvgIpc) is 2.92. The first kappa shape index (κ1) is 15.5. The molecule has 6 heteroatoms. The summed E-state index contributed by atoms with van der Waals surface area (Å²) in [6, 6.07) is 5.42. The molecule has 0 aromatic heterocycles. The van der Waals surface area contributed by atoms with E-state index in [1.165, 1.54) is 0 Å². The molecule has 1 aliphatic rings. The Labute approximate surface area is 129 Å². The number of nitrogens with one attached hydrogen (secondary N) is 1. The van der Waals surface area contributed by atoms with Gasteiger partial charge in [0.2, 0.25) is 0 Å². The van der Waals surface area contributed by atoms with E-state index in [1.807, 2.05) is 13.0 Å². The van der Waals surface area contributed by atoms with E-state index in [1.54, 1.807) is 17.9 Å². The molecule has 1 aliphatic heterocycles. The Bertz CT molecular complexity index is 583. The van der Waals surface area contributed by atoms with Crippen molar-refractivity contribution in [1.82, 2.24) is 4.90 Å². The van der Waals surface area contributed by atoms with Crippen molar-refractivity contribution < 1.29 is 9.53 Å². The van der Waals surface area contributed by atoms with Crippen LogP contribution in [0.4, 0.5) is 10.5 Å². The molecule has 2 rings (SSSR count). The van der Waals surface area contributed by atoms with Gasteiger partial charge in [0.1, 0.15) is 5.75 Å². The minimum Gasteiger partial charge on any atom is -0.491 e. The van der Waals surface area contributed by atoms with Gasteiger partial charge in [0, 0.05) is 30.1 Å². The SMILES string of the molecule is CCN(CC(C)C#N)C(=O)Nc1cc(Cl)cc2c1OCC2. The molecule has 0 saturated heterocycles. The highest BCUT2D eigenvalue weighted by molar-refractivity contribution is 6.31. The van der Waals surface area contributed by atoms with Crippen molar-refractivity contribution in [1.29, 1.82) is 5.26 Å². The smallest absolute Gasteiger partial charge is 0.321 e. The third kappa shape index (κ3) is 3.59. The third-order valence-corrected chi connectivity index (χ3v) is 3.59. The fourth-order valence-electron chi connectivity index (χ4n) is 2.28. The second-order valence-electron chi connectivity index (χ2n) is 5.04. The lowest BCUT2D eigenvalue weighted by Crippen LogP contribution is -2.37. The zero-order valence-corrected chi connectivity index (χ0v) is 12.9. The molecule has 0 bridgehead atoms. The van der Waals surface area contributed by atoms with Crippen LogP contribution >= 0.6 is 11.6 Å². The number of benzene rings is 1. The number of rotatable bonds is 4. The average molecular weight is 308 g/mol. The molecule has 5 nitrogen and oxygen atoms in total. The van der Waals surface area contributed by atoms with Crippen molar-refractivity contribution in [3.05, 3.63) is 22.7 Å². The van der Waals surface area contributed by atoms with Crippen molar-refractivity contribution in [2.24, 2.45) is 5.92 Å². The first-order valence-corrected chi connectivity index (χ1v) is 7.33. The summed E-state index contributed by atoms with van der Waals surface area (Å²) in [5.74, 6) is 0.481. The molecule has 1 N–H and O–H groups in total. The maximum absolute atomic E-state index is 12.3. The van der Waals surface area contributed by atoms with Crippen LogP contribution in [0.2, 0.25) is 5.02 Å². The summed E-state index contributed by atoms with van der Waals surface area (Å²) in [5.41, 5.74) is 1.59. The molecule has 1 atom stereocenters. The number of nitriles is 1. The lowest BCUT2D eigenvalue weighted by atomic mass is 10.1. The Balaban J connectivity index is 2.14. The van der Waals surface area contributed by atoms with Crippen LogP contribution in [0, 0.1) is 17.2 Å². The number of ether oxygens (including phenoxy) is 1. The lowest BCUT2D eigenvalue weighted by molar-refractivity contribution is 0.210. The van der Waals surface area contributed by atoms with Crippen molar-refractivity contribution in [3.63, 3.8) is 0 Å². The Morgan fingerprint density at radius 3 is 3.05 bits per heavy atom. The number of amides is 2. The Morgan fingerprint density at radius 2 is 2.38 bits per heavy atom. The van der Waals surface area contributed by atoms with Crippen molar-refractivity contribution in [2.75, 3.05) is 25.0 Å². The van der Waals surface area contributed by atoms with Gasteiger partial charge in [-0.1, -0.05) is 11.6 Å². The summed E-state index contributed by atoms with van der Waals surface area (Å²) in [6.07, 6.45) is 0.793. The molecular formula is C15H18ClN3O2. The van der Waals surface area contributed by atoms with Crippen LogP contribution in [0.3, 0.4) is 0 Å². The van der Waals surface area contributed by atoms with Gasteiger partial charge in [-0.15, -0.1) is 0 Å². The second kappa shape index (κ2) is 6.68. The van der Waals surface area contributed by atoms with Crippen LogP contribution < -0.4 is 10.1 Å². The lowest BCUT2D eigenvalue weighted by Gasteiger charge is -2.23. The largest absolute Gasteiger partial charge is 0.491 e. The number of urea groups is 1. The standard InChI is InChI=1S/C15H18ClN3O2/c1-3-19(9-10(2)8-17)15(20)18-13-7-12(16)6-11-4-5-21-14(11)13/h6-7,10H,3-5,9H2,1-2H3,(H,18,20). The zero-order valence-electron chi connectivity index (χ0n) is 12.1. The predicted octanol–water partition coefficient (Wildman–Crippen LogP) is 3.29. The predicted molar refractivity (Wildman–Crippen MR) is 81.7 cm³/mol. The highest BCUT2D eigenvalue weighted by atomic mass is 35.5. The number of hydrogen-bond donors (Lipinski definition) is 1. The number of fused-ring (bicyclic) bond motifs is 1. The van der Waals surface area contributed by atoms with Crippen LogP contribution in [0.15, 0.2) is 12.1 Å². The summed E-state index contributed by atoms with van der Waals surface area (Å²) >= 11 is 6.07. The van der Waals surface area contributed by atoms with Gasteiger partial charge < -0.3 is 15.0 Å². The molecule has 0 saturated carbocycles. The molecule has 1 heterocycles. The molecule has 1 aromatic carbocycles. The molecule has 0 radical (unpaired) electrons. The van der Waals surface area contributed by atoms with E-state index in [9.17, 15) is 4.79 Å². The van der Waals surface area contributed by atoms with Gasteiger partial charge in [0.05, 0.1) is 24.3 Å². The molecule has 1 unspecified atom stereocenters. The van der Waals surface area contributed by atoms with Crippen molar-refractivity contribution >= 4 is 23.3 Å². The number of carbonyl (C=O) groups excluding carboxylic acids is 1. The normalized spacial score (nSPS) is 13.8. The monoisotopic (exact) mass is 307 g/mol. The van der Waals surface area contributed by atoms with Gasteiger partial charge in [0.25, 0.3) is 0 Å². The maximum Gasteiger partial charge on any atom is 0.321 e. The van der Waals surface area contributed by atoms with Crippen molar-refractivity contribution in [3.8, 4) is 11.8 Å². The molecule has 2 amide bonds. The van der Waals surface area contributed by atoms with Crippen LogP contribution in [0.1, 0.15) is 19.4 Å². The van der Waals surface area contributed by atoms with E-state index >= 15 is 0 Å². The van der Waals surface area contributed by atoms with E-state index in [2.05, 4.69) is 11.4 Å². The van der Waals surface area contributed by atoms with Crippen LogP contribution in [-0.4, -0.2) is 30.6 Å². The van der Waals surface area contributed by atoms with E-state index in [0.29, 0.717) is 36.2 Å². The van der Waals surface area contributed by atoms with Gasteiger partial charge >= 0.3 is 6.03 Å². The van der Waals surface area contributed by atoms with Crippen molar-refractivity contribution in [2.45, 2.75) is 20.3 Å². The summed E-state index contributed by atoms with van der Waals surface area (Å²) in [5, 5.41) is 12.3. The van der Waals surface area contributed by atoms with E-state index in [-0.39, 0.29) is 11.9 Å². The van der Waals surface area contributed by atoms with Crippen LogP contribution in [0.25, 0.3) is 0 Å². The second-order valence-corrected chi connectivity index (χ2v) is 5.48. The number of carbonyl (C=O) groups is 1. The van der Waals surface area contributed by atoms with Gasteiger partial charge in [-0.25, -0.2) is 4.79 Å². The Kier molecular flexibility index (Phi) is 4.92. The first-order valence-electron chi connectivity index (χ1n) is 6.96. The third-order valence-electron chi connectivity index (χ3n) is 3.37. The number of anilines is 1. The summed E-state index contributed by atoms with van der Waals surface area (Å²) in [6.45, 7) is 5.18. The minimum atomic E-state index is -0.250. The van der Waals surface area contributed by atoms with Crippen LogP contribution in [-0.2, 0) is 6.42 Å². The van der Waals surface area contributed by atoms with Gasteiger partial charge in [0.15, 0.2) is 0 Å². The number of halogens is 1. The highest BCUT2D eigenvalue weighted by Crippen LogP contribution is 2.36. The fourth-order valence-corrected chi connectivity index (χ4v) is 2.52. The van der Waals surface area contributed by atoms with Gasteiger partial charge in [-0.3, -0.25) is 0 Å². The van der Waals surface area contributed by atoms with E-state index in [0.717, 1.165) is 12.0 Å². The summed E-state index contributed by atoms with van der Waals surface area (Å²) in [4.78, 5) is 13.9. The number of nitrogens with zero attached hydrogens (tertiary/aromatic N) is 2.